The lowest BCUT2D eigenvalue weighted by molar-refractivity contribution is 0.252. The van der Waals surface area contributed by atoms with Crippen LogP contribution in [0.5, 0.6) is 0 Å². The van der Waals surface area contributed by atoms with Gasteiger partial charge in [0.1, 0.15) is 0 Å². The largest absolute Gasteiger partial charge is 0.336 e. The maximum atomic E-state index is 11.9. The van der Waals surface area contributed by atoms with Crippen LogP contribution in [0.2, 0.25) is 0 Å². The van der Waals surface area contributed by atoms with Crippen molar-refractivity contribution in [3.63, 3.8) is 0 Å². The summed E-state index contributed by atoms with van der Waals surface area (Å²) in [5.74, 6) is 0. The molecular formula is C15H14BrN3O3S. The molecule has 2 aromatic rings. The van der Waals surface area contributed by atoms with Gasteiger partial charge in [0.25, 0.3) is 0 Å². The van der Waals surface area contributed by atoms with Crippen LogP contribution in [-0.2, 0) is 10.0 Å². The molecule has 0 aromatic heterocycles. The zero-order chi connectivity index (χ0) is 16.6. The van der Waals surface area contributed by atoms with Crippen molar-refractivity contribution in [2.75, 3.05) is 18.0 Å². The Bertz CT molecular complexity index is 883. The monoisotopic (exact) mass is 395 g/mol. The molecule has 3 N–H and O–H groups in total. The van der Waals surface area contributed by atoms with Crippen molar-refractivity contribution in [3.8, 4) is 11.1 Å². The molecule has 0 atom stereocenters. The number of carbonyl (C=O) groups excluding carboxylic acids is 1. The van der Waals surface area contributed by atoms with Crippen LogP contribution < -0.4 is 15.4 Å². The molecule has 2 aromatic carbocycles. The summed E-state index contributed by atoms with van der Waals surface area (Å²) >= 11 is 3.37. The van der Waals surface area contributed by atoms with Crippen LogP contribution >= 0.6 is 15.9 Å². The molecular weight excluding hydrogens is 382 g/mol. The van der Waals surface area contributed by atoms with Crippen LogP contribution in [0.4, 0.5) is 10.5 Å². The zero-order valence-corrected chi connectivity index (χ0v) is 14.4. The van der Waals surface area contributed by atoms with E-state index in [0.29, 0.717) is 29.9 Å². The number of rotatable bonds is 3. The lowest BCUT2D eigenvalue weighted by Crippen LogP contribution is -2.27. The van der Waals surface area contributed by atoms with E-state index in [1.807, 2.05) is 12.1 Å². The van der Waals surface area contributed by atoms with Crippen LogP contribution in [0.1, 0.15) is 0 Å². The van der Waals surface area contributed by atoms with E-state index in [1.54, 1.807) is 29.2 Å². The molecule has 8 heteroatoms. The Morgan fingerprint density at radius 1 is 1.17 bits per heavy atom. The van der Waals surface area contributed by atoms with Crippen molar-refractivity contribution in [3.05, 3.63) is 46.9 Å². The van der Waals surface area contributed by atoms with Gasteiger partial charge in [-0.15, -0.1) is 0 Å². The van der Waals surface area contributed by atoms with E-state index in [4.69, 9.17) is 5.14 Å². The number of nitrogens with two attached hydrogens (primary N) is 1. The molecule has 0 bridgehead atoms. The van der Waals surface area contributed by atoms with E-state index in [2.05, 4.69) is 21.2 Å². The van der Waals surface area contributed by atoms with Crippen molar-refractivity contribution in [2.45, 2.75) is 4.90 Å². The molecule has 1 saturated heterocycles. The van der Waals surface area contributed by atoms with Crippen molar-refractivity contribution >= 4 is 37.7 Å². The van der Waals surface area contributed by atoms with Gasteiger partial charge in [0.15, 0.2) is 0 Å². The van der Waals surface area contributed by atoms with Crippen molar-refractivity contribution in [1.29, 1.82) is 0 Å². The molecule has 3 rings (SSSR count). The summed E-state index contributed by atoms with van der Waals surface area (Å²) in [4.78, 5) is 13.4. The van der Waals surface area contributed by atoms with Gasteiger partial charge in [-0.2, -0.15) is 0 Å². The molecule has 0 spiro atoms. The molecule has 0 saturated carbocycles. The van der Waals surface area contributed by atoms with Gasteiger partial charge in [-0.25, -0.2) is 18.4 Å². The minimum absolute atomic E-state index is 0.0268. The smallest absolute Gasteiger partial charge is 0.321 e. The third-order valence-corrected chi connectivity index (χ3v) is 5.04. The van der Waals surface area contributed by atoms with Crippen LogP contribution in [-0.4, -0.2) is 27.5 Å². The van der Waals surface area contributed by atoms with Crippen LogP contribution in [0.15, 0.2) is 51.8 Å². The minimum Gasteiger partial charge on any atom is -0.336 e. The minimum atomic E-state index is -3.88. The number of sulfonamides is 1. The summed E-state index contributed by atoms with van der Waals surface area (Å²) < 4.78 is 24.6. The number of hydrogen-bond acceptors (Lipinski definition) is 3. The number of nitrogens with one attached hydrogen (secondary N) is 1. The number of primary sulfonamides is 1. The number of hydrogen-bond donors (Lipinski definition) is 2. The molecule has 6 nitrogen and oxygen atoms in total. The average Bonchev–Trinajstić information content (AvgIpc) is 2.92. The topological polar surface area (TPSA) is 92.5 Å². The summed E-state index contributed by atoms with van der Waals surface area (Å²) in [6.45, 7) is 1.09. The number of halogens is 1. The van der Waals surface area contributed by atoms with Crippen LogP contribution in [0.25, 0.3) is 11.1 Å². The Morgan fingerprint density at radius 2 is 1.96 bits per heavy atom. The normalized spacial score (nSPS) is 14.9. The Hall–Kier alpha value is -1.90. The molecule has 23 heavy (non-hydrogen) atoms. The predicted octanol–water partition coefficient (Wildman–Crippen LogP) is 2.29. The highest BCUT2D eigenvalue weighted by Gasteiger charge is 2.24. The Labute approximate surface area is 142 Å². The summed E-state index contributed by atoms with van der Waals surface area (Å²) in [6, 6.07) is 11.7. The summed E-state index contributed by atoms with van der Waals surface area (Å²) in [5, 5.41) is 8.05. The van der Waals surface area contributed by atoms with Gasteiger partial charge in [0.05, 0.1) is 4.90 Å². The zero-order valence-electron chi connectivity index (χ0n) is 12.0. The van der Waals surface area contributed by atoms with Gasteiger partial charge in [-0.3, -0.25) is 4.90 Å². The second-order valence-electron chi connectivity index (χ2n) is 5.12. The maximum Gasteiger partial charge on any atom is 0.321 e. The van der Waals surface area contributed by atoms with Crippen molar-refractivity contribution < 1.29 is 13.2 Å². The van der Waals surface area contributed by atoms with Gasteiger partial charge in [-0.1, -0.05) is 28.1 Å². The third-order valence-electron chi connectivity index (χ3n) is 3.57. The molecule has 1 heterocycles. The number of nitrogens with zero attached hydrogens (tertiary/aromatic N) is 1. The van der Waals surface area contributed by atoms with E-state index < -0.39 is 10.0 Å². The fourth-order valence-corrected chi connectivity index (χ4v) is 3.67. The number of urea groups is 1. The van der Waals surface area contributed by atoms with Gasteiger partial charge >= 0.3 is 6.03 Å². The summed E-state index contributed by atoms with van der Waals surface area (Å²) in [5.41, 5.74) is 1.79. The van der Waals surface area contributed by atoms with Gasteiger partial charge < -0.3 is 5.32 Å². The average molecular weight is 396 g/mol. The summed E-state index contributed by atoms with van der Waals surface area (Å²) in [7, 11) is -3.88. The van der Waals surface area contributed by atoms with Crippen molar-refractivity contribution in [2.24, 2.45) is 5.14 Å². The SMILES string of the molecule is NS(=O)(=O)c1ccc(N2CCNC2=O)cc1-c1cccc(Br)c1. The molecule has 0 aliphatic carbocycles. The second-order valence-corrected chi connectivity index (χ2v) is 7.56. The lowest BCUT2D eigenvalue weighted by Gasteiger charge is -2.17. The fraction of sp³-hybridized carbons (Fsp3) is 0.133. The number of amides is 2. The molecule has 1 aliphatic heterocycles. The number of benzene rings is 2. The molecule has 1 aliphatic rings. The highest BCUT2D eigenvalue weighted by molar-refractivity contribution is 9.10. The molecule has 120 valence electrons. The molecule has 2 amide bonds. The Morgan fingerprint density at radius 3 is 2.57 bits per heavy atom. The van der Waals surface area contributed by atoms with Gasteiger partial charge in [-0.05, 0) is 35.9 Å². The van der Waals surface area contributed by atoms with Gasteiger partial charge in [0.2, 0.25) is 10.0 Å². The fourth-order valence-electron chi connectivity index (χ4n) is 2.53. The first-order valence-corrected chi connectivity index (χ1v) is 9.18. The van der Waals surface area contributed by atoms with E-state index >= 15 is 0 Å². The standard InChI is InChI=1S/C15H14BrN3O3S/c16-11-3-1-2-10(8-11)13-9-12(19-7-6-18-15(19)20)4-5-14(13)23(17,21)22/h1-5,8-9H,6-7H2,(H,18,20)(H2,17,21,22). The molecule has 0 radical (unpaired) electrons. The maximum absolute atomic E-state index is 11.9. The van der Waals surface area contributed by atoms with Crippen LogP contribution in [0.3, 0.4) is 0 Å². The third kappa shape index (κ3) is 3.24. The number of anilines is 1. The first kappa shape index (κ1) is 16.0. The van der Waals surface area contributed by atoms with E-state index in [9.17, 15) is 13.2 Å². The van der Waals surface area contributed by atoms with Gasteiger partial charge in [0, 0.05) is 28.8 Å². The number of carbonyl (C=O) groups is 1. The second kappa shape index (κ2) is 5.95. The van der Waals surface area contributed by atoms with E-state index in [0.717, 1.165) is 4.47 Å². The molecule has 0 unspecified atom stereocenters. The molecule has 1 fully saturated rings. The quantitative estimate of drug-likeness (QED) is 0.834. The van der Waals surface area contributed by atoms with Crippen molar-refractivity contribution in [1.82, 2.24) is 5.32 Å². The van der Waals surface area contributed by atoms with Crippen LogP contribution in [0, 0.1) is 0 Å². The Balaban J connectivity index is 2.19. The highest BCUT2D eigenvalue weighted by Crippen LogP contribution is 2.32. The first-order valence-electron chi connectivity index (χ1n) is 6.84. The first-order chi connectivity index (χ1) is 10.9. The van der Waals surface area contributed by atoms with E-state index in [1.165, 1.54) is 6.07 Å². The predicted molar refractivity (Wildman–Crippen MR) is 91.7 cm³/mol. The summed E-state index contributed by atoms with van der Waals surface area (Å²) in [6.07, 6.45) is 0. The lowest BCUT2D eigenvalue weighted by atomic mass is 10.0. The highest BCUT2D eigenvalue weighted by atomic mass is 79.9. The Kier molecular flexibility index (Phi) is 4.13. The van der Waals surface area contributed by atoms with E-state index in [-0.39, 0.29) is 10.9 Å².